The van der Waals surface area contributed by atoms with Crippen LogP contribution < -0.4 is 10.6 Å². The van der Waals surface area contributed by atoms with Crippen LogP contribution in [-0.2, 0) is 14.9 Å². The first kappa shape index (κ1) is 24.0. The number of aliphatic imine (C=N–C) groups is 1. The lowest BCUT2D eigenvalue weighted by Crippen LogP contribution is -2.48. The number of guanidine groups is 1. The standard InChI is InChI=1S/C25H40FN3O2/c1-3-27-23(28-19-24(10-5-6-11-24)12-15-30-4-2)29-20-25(13-16-31-17-14-25)21-8-7-9-22(26)18-21/h7-9,18H,3-6,10-17,19-20H2,1-2H3,(H2,27,28,29). The molecule has 1 heterocycles. The van der Waals surface area contributed by atoms with Gasteiger partial charge in [-0.1, -0.05) is 25.0 Å². The Balaban J connectivity index is 1.70. The summed E-state index contributed by atoms with van der Waals surface area (Å²) in [5, 5.41) is 7.00. The second-order valence-electron chi connectivity index (χ2n) is 9.11. The van der Waals surface area contributed by atoms with Crippen LogP contribution in [0.3, 0.4) is 0 Å². The van der Waals surface area contributed by atoms with Crippen LogP contribution in [0.2, 0.25) is 0 Å². The Morgan fingerprint density at radius 3 is 2.58 bits per heavy atom. The molecule has 1 aliphatic heterocycles. The Hall–Kier alpha value is -1.66. The molecule has 31 heavy (non-hydrogen) atoms. The third-order valence-electron chi connectivity index (χ3n) is 7.04. The van der Waals surface area contributed by atoms with Gasteiger partial charge < -0.3 is 20.1 Å². The highest BCUT2D eigenvalue weighted by atomic mass is 19.1. The summed E-state index contributed by atoms with van der Waals surface area (Å²) in [4.78, 5) is 5.01. The van der Waals surface area contributed by atoms with Crippen molar-refractivity contribution in [1.29, 1.82) is 0 Å². The zero-order valence-electron chi connectivity index (χ0n) is 19.4. The Morgan fingerprint density at radius 2 is 1.90 bits per heavy atom. The van der Waals surface area contributed by atoms with Gasteiger partial charge in [-0.3, -0.25) is 4.99 Å². The van der Waals surface area contributed by atoms with Crippen molar-refractivity contribution < 1.29 is 13.9 Å². The zero-order valence-corrected chi connectivity index (χ0v) is 19.4. The van der Waals surface area contributed by atoms with E-state index in [9.17, 15) is 4.39 Å². The fraction of sp³-hybridized carbons (Fsp3) is 0.720. The topological polar surface area (TPSA) is 54.9 Å². The average Bonchev–Trinajstić information content (AvgIpc) is 3.25. The van der Waals surface area contributed by atoms with Gasteiger partial charge >= 0.3 is 0 Å². The minimum Gasteiger partial charge on any atom is -0.382 e. The van der Waals surface area contributed by atoms with E-state index in [-0.39, 0.29) is 16.6 Å². The van der Waals surface area contributed by atoms with Gasteiger partial charge in [0.05, 0.1) is 0 Å². The van der Waals surface area contributed by atoms with Crippen molar-refractivity contribution in [2.75, 3.05) is 46.1 Å². The molecule has 174 valence electrons. The van der Waals surface area contributed by atoms with Crippen LogP contribution in [0.5, 0.6) is 0 Å². The first-order valence-electron chi connectivity index (χ1n) is 12.1. The van der Waals surface area contributed by atoms with Gasteiger partial charge in [-0.05, 0) is 69.1 Å². The highest BCUT2D eigenvalue weighted by molar-refractivity contribution is 5.79. The highest BCUT2D eigenvalue weighted by Crippen LogP contribution is 2.41. The molecule has 2 fully saturated rings. The van der Waals surface area contributed by atoms with Crippen LogP contribution in [0, 0.1) is 11.2 Å². The molecule has 6 heteroatoms. The molecule has 0 unspecified atom stereocenters. The number of nitrogens with zero attached hydrogens (tertiary/aromatic N) is 1. The maximum Gasteiger partial charge on any atom is 0.191 e. The second-order valence-corrected chi connectivity index (χ2v) is 9.11. The van der Waals surface area contributed by atoms with Crippen molar-refractivity contribution in [2.24, 2.45) is 10.4 Å². The summed E-state index contributed by atoms with van der Waals surface area (Å²) < 4.78 is 25.3. The largest absolute Gasteiger partial charge is 0.382 e. The molecule has 0 atom stereocenters. The van der Waals surface area contributed by atoms with Crippen molar-refractivity contribution in [3.63, 3.8) is 0 Å². The van der Waals surface area contributed by atoms with Gasteiger partial charge in [0.2, 0.25) is 0 Å². The van der Waals surface area contributed by atoms with E-state index in [1.165, 1.54) is 31.7 Å². The molecule has 2 aliphatic rings. The van der Waals surface area contributed by atoms with E-state index in [4.69, 9.17) is 14.5 Å². The molecular formula is C25H40FN3O2. The van der Waals surface area contributed by atoms with Gasteiger partial charge in [0.15, 0.2) is 5.96 Å². The summed E-state index contributed by atoms with van der Waals surface area (Å²) in [6, 6.07) is 7.04. The van der Waals surface area contributed by atoms with Gasteiger partial charge in [-0.25, -0.2) is 4.39 Å². The lowest BCUT2D eigenvalue weighted by Gasteiger charge is -2.38. The van der Waals surface area contributed by atoms with Crippen LogP contribution in [0.15, 0.2) is 29.3 Å². The second kappa shape index (κ2) is 11.8. The number of ether oxygens (including phenoxy) is 2. The minimum atomic E-state index is -0.179. The van der Waals surface area contributed by atoms with E-state index < -0.39 is 0 Å². The first-order valence-corrected chi connectivity index (χ1v) is 12.1. The molecule has 2 N–H and O–H groups in total. The molecule has 5 nitrogen and oxygen atoms in total. The van der Waals surface area contributed by atoms with E-state index in [0.29, 0.717) is 13.2 Å². The quantitative estimate of drug-likeness (QED) is 0.326. The summed E-state index contributed by atoms with van der Waals surface area (Å²) >= 11 is 0. The van der Waals surface area contributed by atoms with Crippen LogP contribution in [-0.4, -0.2) is 52.0 Å². The molecule has 1 aliphatic carbocycles. The van der Waals surface area contributed by atoms with Gasteiger partial charge in [0, 0.05) is 51.5 Å². The molecule has 1 aromatic carbocycles. The van der Waals surface area contributed by atoms with E-state index in [1.54, 1.807) is 6.07 Å². The average molecular weight is 434 g/mol. The number of hydrogen-bond donors (Lipinski definition) is 2. The fourth-order valence-electron chi connectivity index (χ4n) is 5.03. The molecule has 0 spiro atoms. The molecule has 1 saturated carbocycles. The van der Waals surface area contributed by atoms with Crippen molar-refractivity contribution in [2.45, 2.75) is 64.2 Å². The van der Waals surface area contributed by atoms with Gasteiger partial charge in [-0.15, -0.1) is 0 Å². The summed E-state index contributed by atoms with van der Waals surface area (Å²) in [6.45, 7) is 9.50. The van der Waals surface area contributed by atoms with E-state index in [0.717, 1.165) is 63.6 Å². The molecule has 0 amide bonds. The van der Waals surface area contributed by atoms with Gasteiger partial charge in [-0.2, -0.15) is 0 Å². The summed E-state index contributed by atoms with van der Waals surface area (Å²) in [7, 11) is 0. The summed E-state index contributed by atoms with van der Waals surface area (Å²) in [5.74, 6) is 0.675. The lowest BCUT2D eigenvalue weighted by molar-refractivity contribution is 0.0512. The molecule has 1 saturated heterocycles. The SMILES string of the molecule is CCNC(=NCC1(CCOCC)CCCC1)NCC1(c2cccc(F)c2)CCOCC1. The number of nitrogens with one attached hydrogen (secondary N) is 2. The van der Waals surface area contributed by atoms with E-state index in [2.05, 4.69) is 24.5 Å². The Kier molecular flexibility index (Phi) is 9.15. The van der Waals surface area contributed by atoms with Crippen molar-refractivity contribution in [1.82, 2.24) is 10.6 Å². The molecule has 0 radical (unpaired) electrons. The smallest absolute Gasteiger partial charge is 0.191 e. The maximum absolute atomic E-state index is 14.0. The monoisotopic (exact) mass is 433 g/mol. The third-order valence-corrected chi connectivity index (χ3v) is 7.04. The molecule has 0 aromatic heterocycles. The number of hydrogen-bond acceptors (Lipinski definition) is 3. The maximum atomic E-state index is 14.0. The fourth-order valence-corrected chi connectivity index (χ4v) is 5.03. The van der Waals surface area contributed by atoms with Crippen LogP contribution in [0.4, 0.5) is 4.39 Å². The van der Waals surface area contributed by atoms with E-state index in [1.807, 2.05) is 12.1 Å². The predicted octanol–water partition coefficient (Wildman–Crippen LogP) is 4.42. The predicted molar refractivity (Wildman–Crippen MR) is 124 cm³/mol. The highest BCUT2D eigenvalue weighted by Gasteiger charge is 2.36. The molecule has 3 rings (SSSR count). The van der Waals surface area contributed by atoms with Crippen molar-refractivity contribution in [3.05, 3.63) is 35.6 Å². The van der Waals surface area contributed by atoms with E-state index >= 15 is 0 Å². The minimum absolute atomic E-state index is 0.142. The van der Waals surface area contributed by atoms with Crippen LogP contribution >= 0.6 is 0 Å². The Morgan fingerprint density at radius 1 is 1.13 bits per heavy atom. The zero-order chi connectivity index (χ0) is 22.0. The number of rotatable bonds is 10. The molecule has 1 aromatic rings. The molecular weight excluding hydrogens is 393 g/mol. The Labute approximate surface area is 187 Å². The number of halogens is 1. The normalized spacial score (nSPS) is 20.5. The Bertz CT molecular complexity index is 698. The summed E-state index contributed by atoms with van der Waals surface area (Å²) in [5.41, 5.74) is 1.16. The van der Waals surface area contributed by atoms with Gasteiger partial charge in [0.1, 0.15) is 5.82 Å². The number of benzene rings is 1. The first-order chi connectivity index (χ1) is 15.1. The molecule has 0 bridgehead atoms. The van der Waals surface area contributed by atoms with Crippen LogP contribution in [0.25, 0.3) is 0 Å². The van der Waals surface area contributed by atoms with Crippen molar-refractivity contribution in [3.8, 4) is 0 Å². The third kappa shape index (κ3) is 6.66. The van der Waals surface area contributed by atoms with Gasteiger partial charge in [0.25, 0.3) is 0 Å². The van der Waals surface area contributed by atoms with Crippen LogP contribution in [0.1, 0.15) is 64.4 Å². The summed E-state index contributed by atoms with van der Waals surface area (Å²) in [6.07, 6.45) is 7.86. The lowest BCUT2D eigenvalue weighted by atomic mass is 9.74. The van der Waals surface area contributed by atoms with Crippen molar-refractivity contribution >= 4 is 5.96 Å².